The third kappa shape index (κ3) is 5.06. The summed E-state index contributed by atoms with van der Waals surface area (Å²) in [5.74, 6) is 0. The monoisotopic (exact) mass is 125 g/mol. The Morgan fingerprint density at radius 1 is 0.875 bits per heavy atom. The summed E-state index contributed by atoms with van der Waals surface area (Å²) in [5.41, 5.74) is 0. The summed E-state index contributed by atoms with van der Waals surface area (Å²) in [4.78, 5) is 0. The van der Waals surface area contributed by atoms with Gasteiger partial charge in [0.1, 0.15) is 0 Å². The molecule has 0 atom stereocenters. The van der Waals surface area contributed by atoms with Crippen molar-refractivity contribution in [1.82, 2.24) is 5.32 Å². The molecule has 3 heteroatoms. The molecular weight excluding hydrogens is 113 g/mol. The fraction of sp³-hybridized carbons (Fsp3) is 1.00. The van der Waals surface area contributed by atoms with Crippen LogP contribution in [0.4, 0.5) is 0 Å². The van der Waals surface area contributed by atoms with Gasteiger partial charge in [-0.2, -0.15) is 0 Å². The third-order valence-electron chi connectivity index (χ3n) is 1.21. The Morgan fingerprint density at radius 3 is 1.50 bits per heavy atom. The van der Waals surface area contributed by atoms with E-state index in [0.717, 1.165) is 0 Å². The van der Waals surface area contributed by atoms with E-state index in [1.165, 1.54) is 32.4 Å². The van der Waals surface area contributed by atoms with E-state index < -0.39 is 0 Å². The Labute approximate surface area is 72.6 Å². The van der Waals surface area contributed by atoms with Gasteiger partial charge in [0, 0.05) is 0 Å². The predicted octanol–water partition coefficient (Wildman–Crippen LogP) is -2.41. The van der Waals surface area contributed by atoms with Gasteiger partial charge in [-0.1, -0.05) is 6.42 Å². The second-order valence-electron chi connectivity index (χ2n) is 1.81. The molecule has 0 aromatic carbocycles. The summed E-state index contributed by atoms with van der Waals surface area (Å²) < 4.78 is 0. The Hall–Kier alpha value is 0.920. The molecule has 2 N–H and O–H groups in total. The van der Waals surface area contributed by atoms with Gasteiger partial charge < -0.3 is 10.8 Å². The van der Waals surface area contributed by atoms with Crippen molar-refractivity contribution in [2.24, 2.45) is 0 Å². The zero-order valence-electron chi connectivity index (χ0n) is 5.48. The maximum absolute atomic E-state index is 3.28. The molecule has 8 heavy (non-hydrogen) atoms. The van der Waals surface area contributed by atoms with Crippen LogP contribution in [-0.4, -0.2) is 18.6 Å². The van der Waals surface area contributed by atoms with Crippen LogP contribution in [0.15, 0.2) is 0 Å². The van der Waals surface area contributed by atoms with Gasteiger partial charge in [0.25, 0.3) is 0 Å². The quantitative estimate of drug-likeness (QED) is 0.366. The molecule has 1 heterocycles. The molecule has 0 radical (unpaired) electrons. The predicted molar refractivity (Wildman–Crippen MR) is 28.7 cm³/mol. The van der Waals surface area contributed by atoms with E-state index in [1.54, 1.807) is 0 Å². The second kappa shape index (κ2) is 7.92. The largest absolute Gasteiger partial charge is 1.00 e. The summed E-state index contributed by atoms with van der Waals surface area (Å²) >= 11 is 0. The van der Waals surface area contributed by atoms with Crippen LogP contribution in [0.1, 0.15) is 19.3 Å². The maximum atomic E-state index is 3.28. The van der Waals surface area contributed by atoms with Crippen molar-refractivity contribution in [3.63, 3.8) is 0 Å². The second-order valence-corrected chi connectivity index (χ2v) is 1.81. The first-order chi connectivity index (χ1) is 3.00. The van der Waals surface area contributed by atoms with Crippen LogP contribution in [0.3, 0.4) is 0 Å². The van der Waals surface area contributed by atoms with Gasteiger partial charge in [0.05, 0.1) is 0 Å². The Bertz CT molecular complexity index is 27.9. The number of hydrogen-bond donors (Lipinski definition) is 1. The minimum absolute atomic E-state index is 0. The van der Waals surface area contributed by atoms with Crippen molar-refractivity contribution in [2.45, 2.75) is 19.3 Å². The van der Waals surface area contributed by atoms with E-state index in [9.17, 15) is 0 Å². The standard InChI is InChI=1S/C5H11N.Na.H2O/c1-2-4-6-5-3-1;;/h6H,1-5H2;;1H2/q;+1;/p-1. The number of nitrogens with one attached hydrogen (secondary N) is 1. The molecule has 0 aromatic rings. The molecule has 1 aliphatic rings. The molecule has 1 fully saturated rings. The number of rotatable bonds is 0. The van der Waals surface area contributed by atoms with E-state index >= 15 is 0 Å². The molecule has 0 spiro atoms. The topological polar surface area (TPSA) is 42.0 Å². The average Bonchev–Trinajstić information content (AvgIpc) is 1.72. The molecule has 0 bridgehead atoms. The molecule has 1 rings (SSSR count). The normalized spacial score (nSPS) is 18.0. The van der Waals surface area contributed by atoms with Crippen molar-refractivity contribution in [3.05, 3.63) is 0 Å². The first kappa shape index (κ1) is 11.7. The third-order valence-corrected chi connectivity index (χ3v) is 1.21. The summed E-state index contributed by atoms with van der Waals surface area (Å²) in [6.07, 6.45) is 4.22. The van der Waals surface area contributed by atoms with Gasteiger partial charge in [-0.25, -0.2) is 0 Å². The molecule has 2 nitrogen and oxygen atoms in total. The first-order valence-electron chi connectivity index (χ1n) is 2.71. The van der Waals surface area contributed by atoms with E-state index in [1.807, 2.05) is 0 Å². The van der Waals surface area contributed by atoms with Crippen LogP contribution in [0.5, 0.6) is 0 Å². The minimum Gasteiger partial charge on any atom is -0.870 e. The number of hydrogen-bond acceptors (Lipinski definition) is 2. The van der Waals surface area contributed by atoms with E-state index in [2.05, 4.69) is 5.32 Å². The summed E-state index contributed by atoms with van der Waals surface area (Å²) in [7, 11) is 0. The molecule has 0 aliphatic carbocycles. The molecule has 0 aromatic heterocycles. The van der Waals surface area contributed by atoms with Crippen molar-refractivity contribution in [3.8, 4) is 0 Å². The van der Waals surface area contributed by atoms with Gasteiger partial charge >= 0.3 is 29.6 Å². The van der Waals surface area contributed by atoms with Gasteiger partial charge in [0.15, 0.2) is 0 Å². The zero-order valence-corrected chi connectivity index (χ0v) is 7.48. The van der Waals surface area contributed by atoms with Crippen molar-refractivity contribution in [1.29, 1.82) is 0 Å². The Balaban J connectivity index is 0. The molecule has 0 amide bonds. The zero-order chi connectivity index (χ0) is 4.24. The van der Waals surface area contributed by atoms with Crippen LogP contribution >= 0.6 is 0 Å². The fourth-order valence-corrected chi connectivity index (χ4v) is 0.802. The van der Waals surface area contributed by atoms with Crippen molar-refractivity contribution in [2.75, 3.05) is 13.1 Å². The first-order valence-corrected chi connectivity index (χ1v) is 2.71. The summed E-state index contributed by atoms with van der Waals surface area (Å²) in [6.45, 7) is 2.50. The number of piperidine rings is 1. The van der Waals surface area contributed by atoms with Crippen molar-refractivity contribution >= 4 is 0 Å². The van der Waals surface area contributed by atoms with Gasteiger partial charge in [-0.05, 0) is 25.9 Å². The summed E-state index contributed by atoms with van der Waals surface area (Å²) in [5, 5.41) is 3.28. The van der Waals surface area contributed by atoms with Crippen LogP contribution in [-0.2, 0) is 0 Å². The molecule has 0 unspecified atom stereocenters. The van der Waals surface area contributed by atoms with E-state index in [0.29, 0.717) is 0 Å². The SMILES string of the molecule is C1CCNCC1.[Na+].[OH-]. The van der Waals surface area contributed by atoms with Crippen LogP contribution in [0.25, 0.3) is 0 Å². The van der Waals surface area contributed by atoms with Crippen LogP contribution in [0.2, 0.25) is 0 Å². The molecule has 0 saturated carbocycles. The summed E-state index contributed by atoms with van der Waals surface area (Å²) in [6, 6.07) is 0. The Kier molecular flexibility index (Phi) is 11.6. The van der Waals surface area contributed by atoms with Gasteiger partial charge in [-0.3, -0.25) is 0 Å². The maximum Gasteiger partial charge on any atom is 1.00 e. The van der Waals surface area contributed by atoms with E-state index in [4.69, 9.17) is 0 Å². The van der Waals surface area contributed by atoms with Gasteiger partial charge in [0.2, 0.25) is 0 Å². The molecular formula is C5H12NNaO. The molecule has 1 saturated heterocycles. The Morgan fingerprint density at radius 2 is 1.38 bits per heavy atom. The molecule has 1 aliphatic heterocycles. The molecule has 44 valence electrons. The van der Waals surface area contributed by atoms with Crippen LogP contribution in [0, 0.1) is 0 Å². The average molecular weight is 125 g/mol. The smallest absolute Gasteiger partial charge is 0.870 e. The van der Waals surface area contributed by atoms with E-state index in [-0.39, 0.29) is 35.0 Å². The fourth-order valence-electron chi connectivity index (χ4n) is 0.802. The van der Waals surface area contributed by atoms with Crippen LogP contribution < -0.4 is 34.9 Å². The van der Waals surface area contributed by atoms with Crippen molar-refractivity contribution < 1.29 is 35.0 Å². The van der Waals surface area contributed by atoms with Gasteiger partial charge in [-0.15, -0.1) is 0 Å². The minimum atomic E-state index is 0.